The summed E-state index contributed by atoms with van der Waals surface area (Å²) in [4.78, 5) is 11.3. The molecule has 0 aromatic carbocycles. The Hall–Kier alpha value is -1.44. The summed E-state index contributed by atoms with van der Waals surface area (Å²) < 4.78 is 27.9. The molecule has 6 nitrogen and oxygen atoms in total. The van der Waals surface area contributed by atoms with Crippen LogP contribution in [0.4, 0.5) is 8.78 Å². The summed E-state index contributed by atoms with van der Waals surface area (Å²) in [6.07, 6.45) is -2.14. The van der Waals surface area contributed by atoms with Crippen LogP contribution in [-0.4, -0.2) is 42.6 Å². The van der Waals surface area contributed by atoms with Crippen molar-refractivity contribution in [2.24, 2.45) is 10.9 Å². The van der Waals surface area contributed by atoms with Gasteiger partial charge in [-0.05, 0) is 6.42 Å². The summed E-state index contributed by atoms with van der Waals surface area (Å²) in [6, 6.07) is -0.567. The van der Waals surface area contributed by atoms with Gasteiger partial charge in [-0.15, -0.1) is 0 Å². The summed E-state index contributed by atoms with van der Waals surface area (Å²) in [5.41, 5.74) is 5.33. The Morgan fingerprint density at radius 2 is 2.24 bits per heavy atom. The molecule has 100 valence electrons. The van der Waals surface area contributed by atoms with Crippen molar-refractivity contribution in [3.05, 3.63) is 0 Å². The number of amidine groups is 1. The van der Waals surface area contributed by atoms with Gasteiger partial charge in [-0.25, -0.2) is 8.78 Å². The zero-order valence-corrected chi connectivity index (χ0v) is 9.53. The Morgan fingerprint density at radius 3 is 2.71 bits per heavy atom. The molecule has 0 aromatic rings. The lowest BCUT2D eigenvalue weighted by Gasteiger charge is -2.15. The molecule has 1 amide bonds. The van der Waals surface area contributed by atoms with Gasteiger partial charge in [0.15, 0.2) is 5.84 Å². The van der Waals surface area contributed by atoms with Gasteiger partial charge in [0.2, 0.25) is 5.91 Å². The number of amides is 1. The molecule has 0 radical (unpaired) electrons. The molecule has 0 fully saturated rings. The summed E-state index contributed by atoms with van der Waals surface area (Å²) >= 11 is 0. The number of oxime groups is 1. The van der Waals surface area contributed by atoms with E-state index in [9.17, 15) is 13.6 Å². The Kier molecular flexibility index (Phi) is 7.95. The van der Waals surface area contributed by atoms with E-state index in [4.69, 9.17) is 10.9 Å². The van der Waals surface area contributed by atoms with Gasteiger partial charge < -0.3 is 21.0 Å². The van der Waals surface area contributed by atoms with Crippen LogP contribution in [0.25, 0.3) is 0 Å². The maximum Gasteiger partial charge on any atom is 0.261 e. The largest absolute Gasteiger partial charge is 0.409 e. The number of nitrogens with two attached hydrogens (primary N) is 1. The highest BCUT2D eigenvalue weighted by Gasteiger charge is 2.14. The molecule has 1 unspecified atom stereocenters. The van der Waals surface area contributed by atoms with Crippen molar-refractivity contribution in [3.63, 3.8) is 0 Å². The second-order valence-corrected chi connectivity index (χ2v) is 3.27. The van der Waals surface area contributed by atoms with Crippen LogP contribution < -0.4 is 11.1 Å². The lowest BCUT2D eigenvalue weighted by Crippen LogP contribution is -2.44. The molecule has 0 rings (SSSR count). The van der Waals surface area contributed by atoms with E-state index in [1.165, 1.54) is 0 Å². The van der Waals surface area contributed by atoms with Crippen LogP contribution in [0.3, 0.4) is 0 Å². The highest BCUT2D eigenvalue weighted by atomic mass is 19.3. The summed E-state index contributed by atoms with van der Waals surface area (Å²) in [7, 11) is 0. The minimum Gasteiger partial charge on any atom is -0.409 e. The Morgan fingerprint density at radius 1 is 1.59 bits per heavy atom. The highest BCUT2D eigenvalue weighted by Crippen LogP contribution is 1.95. The van der Waals surface area contributed by atoms with E-state index in [0.29, 0.717) is 6.42 Å². The molecule has 0 aliphatic rings. The fourth-order valence-corrected chi connectivity index (χ4v) is 1.06. The molecule has 0 bridgehead atoms. The quantitative estimate of drug-likeness (QED) is 0.190. The first-order valence-electron chi connectivity index (χ1n) is 5.13. The predicted molar refractivity (Wildman–Crippen MR) is 57.1 cm³/mol. The van der Waals surface area contributed by atoms with E-state index in [-0.39, 0.29) is 18.9 Å². The molecular weight excluding hydrogens is 236 g/mol. The normalized spacial score (nSPS) is 13.8. The molecule has 0 heterocycles. The fourth-order valence-electron chi connectivity index (χ4n) is 1.06. The number of ether oxygens (including phenoxy) is 1. The summed E-state index contributed by atoms with van der Waals surface area (Å²) in [5.74, 6) is -0.507. The number of carbonyl (C=O) groups is 1. The Bertz CT molecular complexity index is 262. The number of hydrogen-bond donors (Lipinski definition) is 3. The van der Waals surface area contributed by atoms with Gasteiger partial charge in [-0.2, -0.15) is 0 Å². The molecule has 0 saturated heterocycles. The zero-order valence-electron chi connectivity index (χ0n) is 9.53. The topological polar surface area (TPSA) is 96.9 Å². The predicted octanol–water partition coefficient (Wildman–Crippen LogP) is 0.299. The van der Waals surface area contributed by atoms with Gasteiger partial charge in [0, 0.05) is 6.42 Å². The van der Waals surface area contributed by atoms with Gasteiger partial charge in [0.25, 0.3) is 6.43 Å². The maximum atomic E-state index is 11.7. The van der Waals surface area contributed by atoms with E-state index in [0.717, 1.165) is 0 Å². The zero-order chi connectivity index (χ0) is 13.3. The molecule has 0 saturated carbocycles. The molecule has 0 spiro atoms. The van der Waals surface area contributed by atoms with Crippen molar-refractivity contribution in [1.29, 1.82) is 0 Å². The van der Waals surface area contributed by atoms with E-state index in [2.05, 4.69) is 15.2 Å². The van der Waals surface area contributed by atoms with Crippen molar-refractivity contribution >= 4 is 11.7 Å². The second-order valence-electron chi connectivity index (χ2n) is 3.27. The molecule has 0 aliphatic heterocycles. The monoisotopic (exact) mass is 253 g/mol. The third kappa shape index (κ3) is 7.45. The van der Waals surface area contributed by atoms with Gasteiger partial charge in [-0.3, -0.25) is 4.79 Å². The van der Waals surface area contributed by atoms with Crippen LogP contribution in [0.2, 0.25) is 0 Å². The lowest BCUT2D eigenvalue weighted by atomic mass is 10.2. The number of carbonyl (C=O) groups excluding carboxylic acids is 1. The third-order valence-corrected chi connectivity index (χ3v) is 1.93. The highest BCUT2D eigenvalue weighted by molar-refractivity contribution is 5.89. The molecular formula is C9H17F2N3O3. The van der Waals surface area contributed by atoms with Gasteiger partial charge in [-0.1, -0.05) is 12.1 Å². The first-order valence-corrected chi connectivity index (χ1v) is 5.13. The Labute approximate surface area is 97.8 Å². The maximum absolute atomic E-state index is 11.7. The third-order valence-electron chi connectivity index (χ3n) is 1.93. The van der Waals surface area contributed by atoms with Gasteiger partial charge in [0.1, 0.15) is 6.61 Å². The number of halogens is 2. The van der Waals surface area contributed by atoms with E-state index in [1.54, 1.807) is 6.92 Å². The standard InChI is InChI=1S/C9H17F2N3O3/c1-2-6(9(12)14-16)13-8(15)3-4-17-5-7(10)11/h6-7,16H,2-5H2,1H3,(H2,12,14)(H,13,15). The SMILES string of the molecule is CCC(NC(=O)CCOCC(F)F)C(N)=NO. The van der Waals surface area contributed by atoms with Gasteiger partial charge in [0.05, 0.1) is 12.6 Å². The number of nitrogens with one attached hydrogen (secondary N) is 1. The number of alkyl halides is 2. The summed E-state index contributed by atoms with van der Waals surface area (Å²) in [6.45, 7) is 0.962. The van der Waals surface area contributed by atoms with Crippen molar-refractivity contribution in [2.45, 2.75) is 32.2 Å². The van der Waals surface area contributed by atoms with Crippen LogP contribution in [-0.2, 0) is 9.53 Å². The van der Waals surface area contributed by atoms with Crippen LogP contribution in [0, 0.1) is 0 Å². The average molecular weight is 253 g/mol. The van der Waals surface area contributed by atoms with Crippen LogP contribution in [0.1, 0.15) is 19.8 Å². The van der Waals surface area contributed by atoms with Crippen molar-refractivity contribution in [2.75, 3.05) is 13.2 Å². The van der Waals surface area contributed by atoms with E-state index in [1.807, 2.05) is 0 Å². The van der Waals surface area contributed by atoms with Crippen molar-refractivity contribution < 1.29 is 23.5 Å². The number of nitrogens with zero attached hydrogens (tertiary/aromatic N) is 1. The number of hydrogen-bond acceptors (Lipinski definition) is 4. The van der Waals surface area contributed by atoms with Crippen LogP contribution in [0.5, 0.6) is 0 Å². The minimum absolute atomic E-state index is 0.0536. The smallest absolute Gasteiger partial charge is 0.261 e. The molecule has 17 heavy (non-hydrogen) atoms. The average Bonchev–Trinajstić information content (AvgIpc) is 2.30. The van der Waals surface area contributed by atoms with E-state index < -0.39 is 25.0 Å². The Balaban J connectivity index is 3.84. The van der Waals surface area contributed by atoms with Crippen LogP contribution >= 0.6 is 0 Å². The lowest BCUT2D eigenvalue weighted by molar-refractivity contribution is -0.122. The molecule has 0 aromatic heterocycles. The molecule has 8 heteroatoms. The summed E-state index contributed by atoms with van der Waals surface area (Å²) in [5, 5.41) is 13.7. The first-order chi connectivity index (χ1) is 8.01. The second kappa shape index (κ2) is 8.68. The minimum atomic E-state index is -2.54. The van der Waals surface area contributed by atoms with Crippen molar-refractivity contribution in [1.82, 2.24) is 5.32 Å². The molecule has 1 atom stereocenters. The fraction of sp³-hybridized carbons (Fsp3) is 0.778. The van der Waals surface area contributed by atoms with Gasteiger partial charge >= 0.3 is 0 Å². The first kappa shape index (κ1) is 15.6. The molecule has 0 aliphatic carbocycles. The van der Waals surface area contributed by atoms with Crippen molar-refractivity contribution in [3.8, 4) is 0 Å². The molecule has 4 N–H and O–H groups in total. The van der Waals surface area contributed by atoms with E-state index >= 15 is 0 Å². The van der Waals surface area contributed by atoms with Crippen LogP contribution in [0.15, 0.2) is 5.16 Å². The number of rotatable bonds is 8.